The third-order valence-corrected chi connectivity index (χ3v) is 5.35. The lowest BCUT2D eigenvalue weighted by atomic mass is 10.3. The largest absolute Gasteiger partial charge is 0.457 e. The number of guanidine groups is 1. The van der Waals surface area contributed by atoms with E-state index in [1.807, 2.05) is 61.7 Å². The number of hydrogen-bond donors (Lipinski definition) is 2. The number of benzene rings is 1. The molecule has 0 bridgehead atoms. The Balaban J connectivity index is 1.38. The van der Waals surface area contributed by atoms with E-state index in [1.54, 1.807) is 11.3 Å². The van der Waals surface area contributed by atoms with Gasteiger partial charge in [-0.05, 0) is 43.3 Å². The molecular formula is C22H23N5OS. The van der Waals surface area contributed by atoms with Crippen molar-refractivity contribution in [3.8, 4) is 10.8 Å². The molecule has 0 saturated heterocycles. The van der Waals surface area contributed by atoms with Crippen LogP contribution in [0.2, 0.25) is 0 Å². The van der Waals surface area contributed by atoms with Gasteiger partial charge in [-0.1, -0.05) is 18.2 Å². The van der Waals surface area contributed by atoms with E-state index in [4.69, 9.17) is 4.42 Å². The fourth-order valence-corrected chi connectivity index (χ4v) is 3.84. The van der Waals surface area contributed by atoms with Crippen LogP contribution in [0.5, 0.6) is 0 Å². The number of thiazole rings is 1. The average molecular weight is 406 g/mol. The second-order valence-corrected chi connectivity index (χ2v) is 7.48. The minimum Gasteiger partial charge on any atom is -0.457 e. The smallest absolute Gasteiger partial charge is 0.191 e. The molecule has 3 aromatic heterocycles. The Hall–Kier alpha value is -3.19. The van der Waals surface area contributed by atoms with E-state index >= 15 is 0 Å². The molecular weight excluding hydrogens is 382 g/mol. The molecule has 4 aromatic rings. The Morgan fingerprint density at radius 3 is 2.79 bits per heavy atom. The Labute approximate surface area is 173 Å². The molecule has 0 saturated carbocycles. The first-order chi connectivity index (χ1) is 14.3. The molecule has 0 atom stereocenters. The van der Waals surface area contributed by atoms with Crippen molar-refractivity contribution in [2.75, 3.05) is 13.1 Å². The topological polar surface area (TPSA) is 75.3 Å². The van der Waals surface area contributed by atoms with Crippen LogP contribution < -0.4 is 10.6 Å². The number of hydrogen-bond acceptors (Lipinski definition) is 5. The zero-order valence-electron chi connectivity index (χ0n) is 16.3. The van der Waals surface area contributed by atoms with Gasteiger partial charge in [-0.3, -0.25) is 4.98 Å². The molecule has 0 aliphatic rings. The monoisotopic (exact) mass is 405 g/mol. The number of pyridine rings is 1. The Morgan fingerprint density at radius 2 is 1.97 bits per heavy atom. The lowest BCUT2D eigenvalue weighted by Crippen LogP contribution is -2.38. The maximum Gasteiger partial charge on any atom is 0.191 e. The molecule has 0 radical (unpaired) electrons. The van der Waals surface area contributed by atoms with Crippen molar-refractivity contribution in [3.63, 3.8) is 0 Å². The SMILES string of the molecule is CCNC(=NCc1ccc(-c2nc3ccccc3s2)o1)NCCc1ccccn1. The van der Waals surface area contributed by atoms with Crippen LogP contribution >= 0.6 is 11.3 Å². The van der Waals surface area contributed by atoms with Crippen LogP contribution in [0, 0.1) is 0 Å². The Morgan fingerprint density at radius 1 is 1.07 bits per heavy atom. The molecule has 0 unspecified atom stereocenters. The van der Waals surface area contributed by atoms with Gasteiger partial charge in [0, 0.05) is 31.4 Å². The molecule has 6 nitrogen and oxygen atoms in total. The summed E-state index contributed by atoms with van der Waals surface area (Å²) in [6, 6.07) is 18.0. The quantitative estimate of drug-likeness (QED) is 0.355. The van der Waals surface area contributed by atoms with Gasteiger partial charge in [-0.15, -0.1) is 11.3 Å². The molecule has 2 N–H and O–H groups in total. The molecule has 0 spiro atoms. The second-order valence-electron chi connectivity index (χ2n) is 6.45. The van der Waals surface area contributed by atoms with E-state index in [-0.39, 0.29) is 0 Å². The highest BCUT2D eigenvalue weighted by Crippen LogP contribution is 2.31. The van der Waals surface area contributed by atoms with Crippen molar-refractivity contribution in [2.24, 2.45) is 4.99 Å². The van der Waals surface area contributed by atoms with Gasteiger partial charge < -0.3 is 15.1 Å². The summed E-state index contributed by atoms with van der Waals surface area (Å²) in [7, 11) is 0. The highest BCUT2D eigenvalue weighted by atomic mass is 32.1. The predicted octanol–water partition coefficient (Wildman–Crippen LogP) is 4.25. The van der Waals surface area contributed by atoms with Gasteiger partial charge >= 0.3 is 0 Å². The molecule has 4 rings (SSSR count). The van der Waals surface area contributed by atoms with Gasteiger partial charge in [0.2, 0.25) is 0 Å². The zero-order valence-corrected chi connectivity index (χ0v) is 17.1. The van der Waals surface area contributed by atoms with E-state index in [1.165, 1.54) is 0 Å². The number of aliphatic imine (C=N–C) groups is 1. The number of nitrogens with one attached hydrogen (secondary N) is 2. The highest BCUT2D eigenvalue weighted by molar-refractivity contribution is 7.21. The summed E-state index contributed by atoms with van der Waals surface area (Å²) in [5, 5.41) is 7.50. The fraction of sp³-hybridized carbons (Fsp3) is 0.227. The Bertz CT molecular complexity index is 1050. The average Bonchev–Trinajstić information content (AvgIpc) is 3.39. The number of furan rings is 1. The molecule has 0 aliphatic heterocycles. The number of nitrogens with zero attached hydrogens (tertiary/aromatic N) is 3. The van der Waals surface area contributed by atoms with Crippen LogP contribution in [0.1, 0.15) is 18.4 Å². The molecule has 148 valence electrons. The molecule has 0 fully saturated rings. The summed E-state index contributed by atoms with van der Waals surface area (Å²) >= 11 is 1.63. The number of rotatable bonds is 7. The third-order valence-electron chi connectivity index (χ3n) is 4.30. The van der Waals surface area contributed by atoms with E-state index in [2.05, 4.69) is 31.7 Å². The molecule has 0 amide bonds. The van der Waals surface area contributed by atoms with Crippen molar-refractivity contribution >= 4 is 27.5 Å². The highest BCUT2D eigenvalue weighted by Gasteiger charge is 2.10. The minimum atomic E-state index is 0.462. The molecule has 0 aliphatic carbocycles. The standard InChI is InChI=1S/C22H23N5OS/c1-2-23-22(25-14-12-16-7-5-6-13-24-16)26-15-17-10-11-19(28-17)21-27-18-8-3-4-9-20(18)29-21/h3-11,13H,2,12,14-15H2,1H3,(H2,23,25,26). The lowest BCUT2D eigenvalue weighted by Gasteiger charge is -2.10. The molecule has 29 heavy (non-hydrogen) atoms. The first-order valence-corrected chi connectivity index (χ1v) is 10.5. The number of aromatic nitrogens is 2. The van der Waals surface area contributed by atoms with Crippen molar-refractivity contribution in [1.82, 2.24) is 20.6 Å². The number of fused-ring (bicyclic) bond motifs is 1. The zero-order chi connectivity index (χ0) is 19.9. The molecule has 7 heteroatoms. The predicted molar refractivity (Wildman–Crippen MR) is 118 cm³/mol. The van der Waals surface area contributed by atoms with Gasteiger partial charge in [0.15, 0.2) is 16.7 Å². The van der Waals surface area contributed by atoms with Gasteiger partial charge in [0.05, 0.1) is 10.2 Å². The first kappa shape index (κ1) is 19.1. The van der Waals surface area contributed by atoms with Crippen LogP contribution in [-0.4, -0.2) is 29.0 Å². The normalized spacial score (nSPS) is 11.7. The van der Waals surface area contributed by atoms with Gasteiger partial charge in [0.25, 0.3) is 0 Å². The van der Waals surface area contributed by atoms with Crippen molar-refractivity contribution in [3.05, 3.63) is 72.2 Å². The summed E-state index contributed by atoms with van der Waals surface area (Å²) < 4.78 is 7.13. The first-order valence-electron chi connectivity index (χ1n) is 9.68. The minimum absolute atomic E-state index is 0.462. The van der Waals surface area contributed by atoms with Crippen LogP contribution in [0.3, 0.4) is 0 Å². The molecule has 3 heterocycles. The maximum absolute atomic E-state index is 5.98. The van der Waals surface area contributed by atoms with Crippen LogP contribution in [0.15, 0.2) is 70.2 Å². The van der Waals surface area contributed by atoms with Crippen LogP contribution in [0.4, 0.5) is 0 Å². The lowest BCUT2D eigenvalue weighted by molar-refractivity contribution is 0.524. The third kappa shape index (κ3) is 5.00. The molecule has 1 aromatic carbocycles. The maximum atomic E-state index is 5.98. The van der Waals surface area contributed by atoms with Crippen molar-refractivity contribution in [2.45, 2.75) is 19.9 Å². The second kappa shape index (κ2) is 9.34. The van der Waals surface area contributed by atoms with Gasteiger partial charge in [-0.2, -0.15) is 0 Å². The number of para-hydroxylation sites is 1. The van der Waals surface area contributed by atoms with E-state index < -0.39 is 0 Å². The summed E-state index contributed by atoms with van der Waals surface area (Å²) in [5.74, 6) is 2.35. The van der Waals surface area contributed by atoms with E-state index in [9.17, 15) is 0 Å². The van der Waals surface area contributed by atoms with E-state index in [0.717, 1.165) is 57.9 Å². The summed E-state index contributed by atoms with van der Waals surface area (Å²) in [6.45, 7) is 4.07. The van der Waals surface area contributed by atoms with E-state index in [0.29, 0.717) is 6.54 Å². The van der Waals surface area contributed by atoms with Crippen LogP contribution in [-0.2, 0) is 13.0 Å². The Kier molecular flexibility index (Phi) is 6.16. The van der Waals surface area contributed by atoms with Gasteiger partial charge in [0.1, 0.15) is 12.3 Å². The fourth-order valence-electron chi connectivity index (χ4n) is 2.91. The summed E-state index contributed by atoms with van der Waals surface area (Å²) in [5.41, 5.74) is 2.05. The summed E-state index contributed by atoms with van der Waals surface area (Å²) in [6.07, 6.45) is 2.66. The van der Waals surface area contributed by atoms with Gasteiger partial charge in [-0.25, -0.2) is 9.98 Å². The van der Waals surface area contributed by atoms with Crippen molar-refractivity contribution in [1.29, 1.82) is 0 Å². The summed E-state index contributed by atoms with van der Waals surface area (Å²) in [4.78, 5) is 13.6. The van der Waals surface area contributed by atoms with Crippen molar-refractivity contribution < 1.29 is 4.42 Å². The van der Waals surface area contributed by atoms with Crippen LogP contribution in [0.25, 0.3) is 21.0 Å².